The number of nitrogens with one attached hydrogen (secondary N) is 1. The largest absolute Gasteiger partial charge is 0.357 e. The van der Waals surface area contributed by atoms with Gasteiger partial charge in [-0.15, -0.1) is 0 Å². The molecule has 10 heavy (non-hydrogen) atoms. The van der Waals surface area contributed by atoms with Crippen molar-refractivity contribution in [3.05, 3.63) is 22.3 Å². The summed E-state index contributed by atoms with van der Waals surface area (Å²) in [6.07, 6.45) is 3.29. The normalized spacial score (nSPS) is 23.9. The maximum absolute atomic E-state index is 8.49. The average molecular weight is 200 g/mol. The van der Waals surface area contributed by atoms with Crippen LogP contribution in [0.25, 0.3) is 0 Å². The summed E-state index contributed by atoms with van der Waals surface area (Å²) in [5.41, 5.74) is 5.94. The van der Waals surface area contributed by atoms with Crippen molar-refractivity contribution in [1.29, 1.82) is 5.26 Å². The molecule has 1 rings (SSSR count). The van der Waals surface area contributed by atoms with Crippen molar-refractivity contribution >= 4 is 15.9 Å². The Bertz CT molecular complexity index is 236. The average Bonchev–Trinajstić information content (AvgIpc) is 1.94. The molecule has 0 radical (unpaired) electrons. The minimum atomic E-state index is -0.240. The summed E-state index contributed by atoms with van der Waals surface area (Å²) in [5.74, 6) is 0. The minimum absolute atomic E-state index is 0.240. The van der Waals surface area contributed by atoms with Gasteiger partial charge in [-0.3, -0.25) is 0 Å². The van der Waals surface area contributed by atoms with E-state index in [1.54, 1.807) is 12.2 Å². The summed E-state index contributed by atoms with van der Waals surface area (Å²) >= 11 is 3.19. The second kappa shape index (κ2) is 2.86. The van der Waals surface area contributed by atoms with Crippen molar-refractivity contribution in [2.45, 2.75) is 6.17 Å². The Morgan fingerprint density at radius 3 is 3.00 bits per heavy atom. The molecule has 1 unspecified atom stereocenters. The molecule has 0 amide bonds. The Labute approximate surface area is 67.3 Å². The van der Waals surface area contributed by atoms with E-state index < -0.39 is 0 Å². The Kier molecular flexibility index (Phi) is 2.10. The topological polar surface area (TPSA) is 61.8 Å². The lowest BCUT2D eigenvalue weighted by molar-refractivity contribution is 0.704. The fourth-order valence-corrected chi connectivity index (χ4v) is 0.997. The SMILES string of the molecule is N#CC1=C(Br)C=CC(N)N1. The number of nitriles is 1. The van der Waals surface area contributed by atoms with Crippen LogP contribution in [0.15, 0.2) is 22.3 Å². The number of dihydropyridines is 1. The molecule has 0 bridgehead atoms. The molecule has 3 N–H and O–H groups in total. The van der Waals surface area contributed by atoms with E-state index in [0.717, 1.165) is 4.48 Å². The van der Waals surface area contributed by atoms with E-state index >= 15 is 0 Å². The van der Waals surface area contributed by atoms with E-state index in [2.05, 4.69) is 21.2 Å². The number of rotatable bonds is 0. The lowest BCUT2D eigenvalue weighted by Crippen LogP contribution is -2.36. The van der Waals surface area contributed by atoms with Crippen molar-refractivity contribution in [3.8, 4) is 6.07 Å². The smallest absolute Gasteiger partial charge is 0.129 e. The predicted molar refractivity (Wildman–Crippen MR) is 41.8 cm³/mol. The molecule has 1 aliphatic rings. The molecule has 0 aromatic heterocycles. The fourth-order valence-electron chi connectivity index (χ4n) is 0.641. The highest BCUT2D eigenvalue weighted by molar-refractivity contribution is 9.11. The molecule has 3 nitrogen and oxygen atoms in total. The first-order chi connectivity index (χ1) is 4.74. The van der Waals surface area contributed by atoms with Gasteiger partial charge in [-0.1, -0.05) is 0 Å². The lowest BCUT2D eigenvalue weighted by atomic mass is 10.3. The summed E-state index contributed by atoms with van der Waals surface area (Å²) < 4.78 is 0.747. The molecular formula is C6H6BrN3. The number of nitrogens with zero attached hydrogens (tertiary/aromatic N) is 1. The Hall–Kier alpha value is -0.790. The Balaban J connectivity index is 2.87. The van der Waals surface area contributed by atoms with Gasteiger partial charge in [-0.2, -0.15) is 5.26 Å². The van der Waals surface area contributed by atoms with Gasteiger partial charge < -0.3 is 11.1 Å². The van der Waals surface area contributed by atoms with Crippen LogP contribution in [0.4, 0.5) is 0 Å². The predicted octanol–water partition coefficient (Wildman–Crippen LogP) is 0.561. The van der Waals surface area contributed by atoms with Crippen LogP contribution in [0.5, 0.6) is 0 Å². The van der Waals surface area contributed by atoms with Gasteiger partial charge in [-0.05, 0) is 28.1 Å². The van der Waals surface area contributed by atoms with Crippen LogP contribution in [0, 0.1) is 11.3 Å². The van der Waals surface area contributed by atoms with Crippen molar-refractivity contribution < 1.29 is 0 Å². The third-order valence-electron chi connectivity index (χ3n) is 1.11. The zero-order valence-corrected chi connectivity index (χ0v) is 6.72. The molecule has 52 valence electrons. The highest BCUT2D eigenvalue weighted by Crippen LogP contribution is 2.14. The van der Waals surface area contributed by atoms with Gasteiger partial charge in [0.05, 0.1) is 10.6 Å². The molecule has 4 heteroatoms. The van der Waals surface area contributed by atoms with Crippen LogP contribution in [-0.4, -0.2) is 6.17 Å². The van der Waals surface area contributed by atoms with E-state index in [1.165, 1.54) is 0 Å². The Morgan fingerprint density at radius 2 is 2.50 bits per heavy atom. The molecule has 0 aliphatic carbocycles. The van der Waals surface area contributed by atoms with Crippen LogP contribution >= 0.6 is 15.9 Å². The second-order valence-corrected chi connectivity index (χ2v) is 2.72. The van der Waals surface area contributed by atoms with Crippen molar-refractivity contribution in [3.63, 3.8) is 0 Å². The third-order valence-corrected chi connectivity index (χ3v) is 1.77. The van der Waals surface area contributed by atoms with Gasteiger partial charge in [0.2, 0.25) is 0 Å². The first-order valence-electron chi connectivity index (χ1n) is 2.74. The van der Waals surface area contributed by atoms with E-state index in [0.29, 0.717) is 5.70 Å². The van der Waals surface area contributed by atoms with Gasteiger partial charge in [-0.25, -0.2) is 0 Å². The highest BCUT2D eigenvalue weighted by atomic mass is 79.9. The summed E-state index contributed by atoms with van der Waals surface area (Å²) in [4.78, 5) is 0. The molecule has 1 heterocycles. The van der Waals surface area contributed by atoms with Gasteiger partial charge in [0.1, 0.15) is 11.8 Å². The number of allylic oxidation sites excluding steroid dienone is 3. The Morgan fingerprint density at radius 1 is 1.80 bits per heavy atom. The van der Waals surface area contributed by atoms with E-state index in [-0.39, 0.29) is 6.17 Å². The molecule has 0 saturated carbocycles. The van der Waals surface area contributed by atoms with Crippen molar-refractivity contribution in [2.75, 3.05) is 0 Å². The number of nitrogens with two attached hydrogens (primary N) is 1. The zero-order valence-electron chi connectivity index (χ0n) is 5.13. The van der Waals surface area contributed by atoms with Crippen molar-refractivity contribution in [1.82, 2.24) is 5.32 Å². The summed E-state index contributed by atoms with van der Waals surface area (Å²) in [6, 6.07) is 1.97. The standard InChI is InChI=1S/C6H6BrN3/c7-4-1-2-6(9)10-5(4)3-8/h1-2,6,10H,9H2. The maximum atomic E-state index is 8.49. The third kappa shape index (κ3) is 1.38. The van der Waals surface area contributed by atoms with Crippen LogP contribution in [0.3, 0.4) is 0 Å². The van der Waals surface area contributed by atoms with Gasteiger partial charge in [0.15, 0.2) is 0 Å². The fraction of sp³-hybridized carbons (Fsp3) is 0.167. The van der Waals surface area contributed by atoms with Crippen LogP contribution < -0.4 is 11.1 Å². The number of hydrogen-bond donors (Lipinski definition) is 2. The first kappa shape index (κ1) is 7.32. The minimum Gasteiger partial charge on any atom is -0.357 e. The van der Waals surface area contributed by atoms with Gasteiger partial charge in [0.25, 0.3) is 0 Å². The maximum Gasteiger partial charge on any atom is 0.129 e. The quantitative estimate of drug-likeness (QED) is 0.600. The van der Waals surface area contributed by atoms with Crippen LogP contribution in [-0.2, 0) is 0 Å². The number of hydrogen-bond acceptors (Lipinski definition) is 3. The van der Waals surface area contributed by atoms with E-state index in [4.69, 9.17) is 11.0 Å². The molecular weight excluding hydrogens is 194 g/mol. The summed E-state index contributed by atoms with van der Waals surface area (Å²) in [6.45, 7) is 0. The lowest BCUT2D eigenvalue weighted by Gasteiger charge is -2.14. The van der Waals surface area contributed by atoms with Crippen LogP contribution in [0.1, 0.15) is 0 Å². The zero-order chi connectivity index (χ0) is 7.56. The number of halogens is 1. The highest BCUT2D eigenvalue weighted by Gasteiger charge is 2.08. The van der Waals surface area contributed by atoms with Gasteiger partial charge in [0, 0.05) is 0 Å². The second-order valence-electron chi connectivity index (χ2n) is 1.86. The molecule has 0 aromatic rings. The first-order valence-corrected chi connectivity index (χ1v) is 3.53. The summed E-state index contributed by atoms with van der Waals surface area (Å²) in [5, 5.41) is 11.3. The molecule has 0 fully saturated rings. The van der Waals surface area contributed by atoms with Crippen LogP contribution in [0.2, 0.25) is 0 Å². The molecule has 0 saturated heterocycles. The molecule has 0 spiro atoms. The van der Waals surface area contributed by atoms with E-state index in [9.17, 15) is 0 Å². The van der Waals surface area contributed by atoms with E-state index in [1.807, 2.05) is 6.07 Å². The monoisotopic (exact) mass is 199 g/mol. The molecule has 1 aliphatic heterocycles. The van der Waals surface area contributed by atoms with Crippen molar-refractivity contribution in [2.24, 2.45) is 5.73 Å². The summed E-state index contributed by atoms with van der Waals surface area (Å²) in [7, 11) is 0. The molecule has 1 atom stereocenters. The van der Waals surface area contributed by atoms with Gasteiger partial charge >= 0.3 is 0 Å². The molecule has 0 aromatic carbocycles.